The monoisotopic (exact) mass is 409 g/mol. The molecule has 0 radical (unpaired) electrons. The molecule has 0 unspecified atom stereocenters. The fraction of sp³-hybridized carbons (Fsp3) is 0.318. The lowest BCUT2D eigenvalue weighted by Gasteiger charge is -2.18. The molecular formula is C22H23N3O3S. The number of ether oxygens (including phenoxy) is 1. The molecule has 0 bridgehead atoms. The average molecular weight is 410 g/mol. The number of benzene rings is 2. The predicted octanol–water partition coefficient (Wildman–Crippen LogP) is 2.85. The minimum absolute atomic E-state index is 0.0113. The number of hydrogen-bond acceptors (Lipinski definition) is 5. The van der Waals surface area contributed by atoms with E-state index in [1.807, 2.05) is 49.8 Å². The highest BCUT2D eigenvalue weighted by atomic mass is 32.2. The predicted molar refractivity (Wildman–Crippen MR) is 111 cm³/mol. The summed E-state index contributed by atoms with van der Waals surface area (Å²) in [6, 6.07) is 13.7. The standard InChI is InChI=1S/C22H23N3O3S/c1-24-12-17(10-23-24)16-6-7-21-19(9-16)20-13-25(14-22(20)29(21,26)27)11-15-4-3-5-18(8-15)28-2/h3-10,12,20,22H,11,13-14H2,1-2H3/t20-,22+/m1/s1. The fourth-order valence-corrected chi connectivity index (χ4v) is 6.83. The molecule has 1 aromatic heterocycles. The first-order valence-corrected chi connectivity index (χ1v) is 11.2. The Morgan fingerprint density at radius 2 is 2.00 bits per heavy atom. The van der Waals surface area contributed by atoms with E-state index in [2.05, 4.69) is 16.1 Å². The minimum Gasteiger partial charge on any atom is -0.497 e. The average Bonchev–Trinajstić information content (AvgIpc) is 3.38. The van der Waals surface area contributed by atoms with E-state index in [-0.39, 0.29) is 11.2 Å². The number of fused-ring (bicyclic) bond motifs is 3. The van der Waals surface area contributed by atoms with Gasteiger partial charge in [-0.05, 0) is 41.0 Å². The Morgan fingerprint density at radius 3 is 2.76 bits per heavy atom. The number of aryl methyl sites for hydroxylation is 1. The number of rotatable bonds is 4. The number of likely N-dealkylation sites (tertiary alicyclic amines) is 1. The van der Waals surface area contributed by atoms with Crippen molar-refractivity contribution in [2.45, 2.75) is 22.6 Å². The Bertz CT molecular complexity index is 1190. The van der Waals surface area contributed by atoms with Crippen molar-refractivity contribution in [3.63, 3.8) is 0 Å². The van der Waals surface area contributed by atoms with E-state index in [1.54, 1.807) is 17.9 Å². The van der Waals surface area contributed by atoms with Gasteiger partial charge in [0.2, 0.25) is 0 Å². The van der Waals surface area contributed by atoms with Crippen LogP contribution in [0.3, 0.4) is 0 Å². The molecule has 2 atom stereocenters. The normalized spacial score (nSPS) is 22.4. The van der Waals surface area contributed by atoms with Crippen LogP contribution in [0.1, 0.15) is 17.0 Å². The van der Waals surface area contributed by atoms with Crippen molar-refractivity contribution in [1.82, 2.24) is 14.7 Å². The van der Waals surface area contributed by atoms with Gasteiger partial charge in [-0.3, -0.25) is 9.58 Å². The molecule has 0 aliphatic carbocycles. The Hall–Kier alpha value is -2.64. The molecule has 7 heteroatoms. The summed E-state index contributed by atoms with van der Waals surface area (Å²) in [5, 5.41) is 3.87. The Balaban J connectivity index is 1.45. The second-order valence-electron chi connectivity index (χ2n) is 7.89. The van der Waals surface area contributed by atoms with Crippen molar-refractivity contribution in [2.24, 2.45) is 7.05 Å². The lowest BCUT2D eigenvalue weighted by Crippen LogP contribution is -2.25. The van der Waals surface area contributed by atoms with E-state index in [4.69, 9.17) is 4.74 Å². The van der Waals surface area contributed by atoms with Crippen LogP contribution in [-0.2, 0) is 23.4 Å². The molecule has 150 valence electrons. The van der Waals surface area contributed by atoms with Crippen LogP contribution in [0.25, 0.3) is 11.1 Å². The molecule has 2 aliphatic rings. The van der Waals surface area contributed by atoms with Crippen molar-refractivity contribution in [3.05, 3.63) is 66.0 Å². The van der Waals surface area contributed by atoms with Crippen LogP contribution in [-0.4, -0.2) is 48.5 Å². The first-order valence-electron chi connectivity index (χ1n) is 9.68. The van der Waals surface area contributed by atoms with Crippen LogP contribution in [0, 0.1) is 0 Å². The van der Waals surface area contributed by atoms with Gasteiger partial charge < -0.3 is 4.74 Å². The first-order chi connectivity index (χ1) is 14.0. The Kier molecular flexibility index (Phi) is 4.26. The van der Waals surface area contributed by atoms with Crippen LogP contribution in [0.2, 0.25) is 0 Å². The van der Waals surface area contributed by atoms with Gasteiger partial charge in [-0.2, -0.15) is 5.10 Å². The van der Waals surface area contributed by atoms with Gasteiger partial charge in [-0.25, -0.2) is 8.42 Å². The number of aromatic nitrogens is 2. The largest absolute Gasteiger partial charge is 0.497 e. The van der Waals surface area contributed by atoms with E-state index in [0.717, 1.165) is 41.1 Å². The Morgan fingerprint density at radius 1 is 1.14 bits per heavy atom. The Labute approximate surface area is 170 Å². The van der Waals surface area contributed by atoms with Crippen LogP contribution in [0.15, 0.2) is 59.8 Å². The summed E-state index contributed by atoms with van der Waals surface area (Å²) in [5.74, 6) is 0.832. The van der Waals surface area contributed by atoms with Gasteiger partial charge >= 0.3 is 0 Å². The molecule has 1 fully saturated rings. The molecule has 2 aliphatic heterocycles. The fourth-order valence-electron chi connectivity index (χ4n) is 4.63. The first kappa shape index (κ1) is 18.4. The maximum atomic E-state index is 13.2. The molecular weight excluding hydrogens is 386 g/mol. The van der Waals surface area contributed by atoms with Crippen LogP contribution in [0.4, 0.5) is 0 Å². The van der Waals surface area contributed by atoms with E-state index in [9.17, 15) is 8.42 Å². The van der Waals surface area contributed by atoms with Gasteiger partial charge in [0.25, 0.3) is 0 Å². The third-order valence-corrected chi connectivity index (χ3v) is 8.29. The molecule has 3 heterocycles. The number of nitrogens with zero attached hydrogens (tertiary/aromatic N) is 3. The SMILES string of the molecule is COc1cccc(CN2C[C@@H]3c4cc(-c5cnn(C)c5)ccc4S(=O)(=O)[C@H]3C2)c1. The number of methoxy groups -OCH3 is 1. The second kappa shape index (κ2) is 6.71. The van der Waals surface area contributed by atoms with Crippen LogP contribution >= 0.6 is 0 Å². The van der Waals surface area contributed by atoms with Gasteiger partial charge in [-0.1, -0.05) is 18.2 Å². The summed E-state index contributed by atoms with van der Waals surface area (Å²) in [6.45, 7) is 2.02. The molecule has 0 saturated carbocycles. The highest BCUT2D eigenvalue weighted by Crippen LogP contribution is 2.46. The summed E-state index contributed by atoms with van der Waals surface area (Å²) >= 11 is 0. The van der Waals surface area contributed by atoms with Crippen molar-refractivity contribution < 1.29 is 13.2 Å². The van der Waals surface area contributed by atoms with Gasteiger partial charge in [0.05, 0.1) is 23.5 Å². The summed E-state index contributed by atoms with van der Waals surface area (Å²) in [4.78, 5) is 2.74. The molecule has 2 aromatic carbocycles. The quantitative estimate of drug-likeness (QED) is 0.663. The van der Waals surface area contributed by atoms with E-state index < -0.39 is 9.84 Å². The molecule has 5 rings (SSSR count). The van der Waals surface area contributed by atoms with E-state index in [0.29, 0.717) is 11.4 Å². The summed E-state index contributed by atoms with van der Waals surface area (Å²) in [7, 11) is 0.233. The molecule has 29 heavy (non-hydrogen) atoms. The third kappa shape index (κ3) is 3.05. The molecule has 0 spiro atoms. The van der Waals surface area contributed by atoms with Gasteiger partial charge in [0.1, 0.15) is 5.75 Å². The molecule has 0 N–H and O–H groups in total. The van der Waals surface area contributed by atoms with Crippen molar-refractivity contribution in [1.29, 1.82) is 0 Å². The second-order valence-corrected chi connectivity index (χ2v) is 10.0. The lowest BCUT2D eigenvalue weighted by molar-refractivity contribution is 0.324. The van der Waals surface area contributed by atoms with Crippen molar-refractivity contribution >= 4 is 9.84 Å². The molecule has 1 saturated heterocycles. The number of sulfone groups is 1. The minimum atomic E-state index is -3.30. The topological polar surface area (TPSA) is 64.4 Å². The molecule has 0 amide bonds. The van der Waals surface area contributed by atoms with Crippen LogP contribution in [0.5, 0.6) is 5.75 Å². The third-order valence-electron chi connectivity index (χ3n) is 6.03. The lowest BCUT2D eigenvalue weighted by atomic mass is 9.95. The van der Waals surface area contributed by atoms with Crippen LogP contribution < -0.4 is 4.74 Å². The zero-order valence-corrected chi connectivity index (χ0v) is 17.3. The highest BCUT2D eigenvalue weighted by Gasteiger charge is 2.50. The highest BCUT2D eigenvalue weighted by molar-refractivity contribution is 7.92. The maximum Gasteiger partial charge on any atom is 0.183 e. The van der Waals surface area contributed by atoms with Crippen molar-refractivity contribution in [3.8, 4) is 16.9 Å². The van der Waals surface area contributed by atoms with E-state index >= 15 is 0 Å². The van der Waals surface area contributed by atoms with Crippen molar-refractivity contribution in [2.75, 3.05) is 20.2 Å². The smallest absolute Gasteiger partial charge is 0.183 e. The van der Waals surface area contributed by atoms with Gasteiger partial charge in [0, 0.05) is 44.4 Å². The molecule has 6 nitrogen and oxygen atoms in total. The summed E-state index contributed by atoms with van der Waals surface area (Å²) < 4.78 is 33.4. The zero-order valence-electron chi connectivity index (χ0n) is 16.4. The summed E-state index contributed by atoms with van der Waals surface area (Å²) in [6.07, 6.45) is 3.76. The van der Waals surface area contributed by atoms with Gasteiger partial charge in [-0.15, -0.1) is 0 Å². The number of hydrogen-bond donors (Lipinski definition) is 0. The van der Waals surface area contributed by atoms with E-state index in [1.165, 1.54) is 0 Å². The molecule has 3 aromatic rings. The zero-order chi connectivity index (χ0) is 20.2. The maximum absolute atomic E-state index is 13.2. The van der Waals surface area contributed by atoms with Gasteiger partial charge in [0.15, 0.2) is 9.84 Å². The summed E-state index contributed by atoms with van der Waals surface area (Å²) in [5.41, 5.74) is 4.09.